The van der Waals surface area contributed by atoms with Gasteiger partial charge in [-0.1, -0.05) is 18.2 Å². The van der Waals surface area contributed by atoms with Crippen LogP contribution in [0.1, 0.15) is 11.6 Å². The molecule has 128 valence electrons. The molecular formula is C18H22N2O3S. The van der Waals surface area contributed by atoms with Crippen molar-refractivity contribution in [2.45, 2.75) is 6.04 Å². The molecule has 1 amide bonds. The maximum absolute atomic E-state index is 12.1. The quantitative estimate of drug-likeness (QED) is 0.835. The Morgan fingerprint density at radius 1 is 1.25 bits per heavy atom. The van der Waals surface area contributed by atoms with Gasteiger partial charge in [0.05, 0.1) is 18.6 Å². The minimum atomic E-state index is -0.112. The fraction of sp³-hybridized carbons (Fsp3) is 0.389. The molecular weight excluding hydrogens is 324 g/mol. The largest absolute Gasteiger partial charge is 0.484 e. The van der Waals surface area contributed by atoms with Gasteiger partial charge >= 0.3 is 0 Å². The second-order valence-electron chi connectivity index (χ2n) is 5.63. The Labute approximate surface area is 146 Å². The number of hydrogen-bond donors (Lipinski definition) is 1. The van der Waals surface area contributed by atoms with Gasteiger partial charge in [-0.2, -0.15) is 11.8 Å². The van der Waals surface area contributed by atoms with E-state index >= 15 is 0 Å². The van der Waals surface area contributed by atoms with E-state index in [2.05, 4.69) is 10.2 Å². The van der Waals surface area contributed by atoms with Crippen molar-refractivity contribution in [3.8, 4) is 5.75 Å². The molecule has 1 N–H and O–H groups in total. The Morgan fingerprint density at radius 3 is 2.75 bits per heavy atom. The van der Waals surface area contributed by atoms with Crippen LogP contribution in [0.3, 0.4) is 0 Å². The molecule has 0 radical (unpaired) electrons. The first kappa shape index (κ1) is 16.9. The highest BCUT2D eigenvalue weighted by Gasteiger charge is 2.23. The zero-order valence-corrected chi connectivity index (χ0v) is 14.3. The molecule has 3 rings (SSSR count). The van der Waals surface area contributed by atoms with E-state index < -0.39 is 0 Å². The number of amides is 1. The van der Waals surface area contributed by atoms with E-state index in [-0.39, 0.29) is 18.6 Å². The number of furan rings is 1. The Hall–Kier alpha value is -1.92. The normalized spacial score (nSPS) is 16.5. The third-order valence-corrected chi connectivity index (χ3v) is 4.96. The van der Waals surface area contributed by atoms with Gasteiger partial charge in [-0.15, -0.1) is 0 Å². The van der Waals surface area contributed by atoms with Crippen LogP contribution in [0.4, 0.5) is 0 Å². The average Bonchev–Trinajstić information content (AvgIpc) is 3.16. The molecule has 1 aromatic carbocycles. The highest BCUT2D eigenvalue weighted by molar-refractivity contribution is 7.99. The van der Waals surface area contributed by atoms with Crippen LogP contribution < -0.4 is 10.1 Å². The van der Waals surface area contributed by atoms with Gasteiger partial charge in [0, 0.05) is 36.7 Å². The summed E-state index contributed by atoms with van der Waals surface area (Å²) in [5.41, 5.74) is 1.10. The van der Waals surface area contributed by atoms with E-state index in [0.717, 1.165) is 30.2 Å². The zero-order valence-electron chi connectivity index (χ0n) is 13.5. The highest BCUT2D eigenvalue weighted by Crippen LogP contribution is 2.24. The molecule has 1 atom stereocenters. The van der Waals surface area contributed by atoms with E-state index in [9.17, 15) is 4.79 Å². The molecule has 1 saturated heterocycles. The Morgan fingerprint density at radius 2 is 2.04 bits per heavy atom. The molecule has 5 nitrogen and oxygen atoms in total. The number of rotatable bonds is 7. The standard InChI is InChI=1S/C18H22N2O3S/c21-18(14-23-16-4-2-1-3-5-16)19-12-17(15-6-9-22-13-15)20-7-10-24-11-8-20/h1-6,9,13,17H,7-8,10-12,14H2,(H,19,21). The number of nitrogens with zero attached hydrogens (tertiary/aromatic N) is 1. The molecule has 0 aliphatic carbocycles. The van der Waals surface area contributed by atoms with Gasteiger partial charge in [-0.3, -0.25) is 9.69 Å². The van der Waals surface area contributed by atoms with Gasteiger partial charge in [0.15, 0.2) is 6.61 Å². The molecule has 0 bridgehead atoms. The third kappa shape index (κ3) is 4.79. The summed E-state index contributed by atoms with van der Waals surface area (Å²) >= 11 is 1.97. The van der Waals surface area contributed by atoms with Gasteiger partial charge < -0.3 is 14.5 Å². The highest BCUT2D eigenvalue weighted by atomic mass is 32.2. The minimum Gasteiger partial charge on any atom is -0.484 e. The van der Waals surface area contributed by atoms with Crippen LogP contribution in [0.25, 0.3) is 0 Å². The van der Waals surface area contributed by atoms with Crippen LogP contribution in [0.2, 0.25) is 0 Å². The summed E-state index contributed by atoms with van der Waals surface area (Å²) in [6.07, 6.45) is 3.44. The van der Waals surface area contributed by atoms with E-state index in [1.807, 2.05) is 48.2 Å². The van der Waals surface area contributed by atoms with Crippen molar-refractivity contribution in [1.82, 2.24) is 10.2 Å². The second-order valence-corrected chi connectivity index (χ2v) is 6.85. The Balaban J connectivity index is 1.52. The van der Waals surface area contributed by atoms with Crippen molar-refractivity contribution in [1.29, 1.82) is 0 Å². The molecule has 1 aliphatic rings. The van der Waals surface area contributed by atoms with Gasteiger partial charge in [0.25, 0.3) is 5.91 Å². The molecule has 0 spiro atoms. The van der Waals surface area contributed by atoms with Crippen molar-refractivity contribution in [3.05, 3.63) is 54.5 Å². The van der Waals surface area contributed by atoms with Crippen molar-refractivity contribution < 1.29 is 13.9 Å². The SMILES string of the molecule is O=C(COc1ccccc1)NCC(c1ccoc1)N1CCSCC1. The van der Waals surface area contributed by atoms with Gasteiger partial charge in [-0.25, -0.2) is 0 Å². The molecule has 0 saturated carbocycles. The maximum Gasteiger partial charge on any atom is 0.258 e. The smallest absolute Gasteiger partial charge is 0.258 e. The van der Waals surface area contributed by atoms with Crippen LogP contribution in [0, 0.1) is 0 Å². The Kier molecular flexibility index (Phi) is 6.20. The van der Waals surface area contributed by atoms with E-state index in [4.69, 9.17) is 9.15 Å². The van der Waals surface area contributed by atoms with Gasteiger partial charge in [0.2, 0.25) is 0 Å². The van der Waals surface area contributed by atoms with Crippen molar-refractivity contribution in [2.24, 2.45) is 0 Å². The number of carbonyl (C=O) groups is 1. The first-order valence-corrected chi connectivity index (χ1v) is 9.27. The summed E-state index contributed by atoms with van der Waals surface area (Å²) in [6.45, 7) is 2.63. The third-order valence-electron chi connectivity index (χ3n) is 4.02. The molecule has 6 heteroatoms. The second kappa shape index (κ2) is 8.80. The molecule has 1 fully saturated rings. The molecule has 24 heavy (non-hydrogen) atoms. The molecule has 1 unspecified atom stereocenters. The van der Waals surface area contributed by atoms with Gasteiger partial charge in [0.1, 0.15) is 5.75 Å². The van der Waals surface area contributed by atoms with Crippen molar-refractivity contribution in [3.63, 3.8) is 0 Å². The molecule has 2 aromatic rings. The van der Waals surface area contributed by atoms with E-state index in [1.54, 1.807) is 12.5 Å². The van der Waals surface area contributed by atoms with Crippen molar-refractivity contribution >= 4 is 17.7 Å². The summed E-state index contributed by atoms with van der Waals surface area (Å²) < 4.78 is 10.7. The lowest BCUT2D eigenvalue weighted by molar-refractivity contribution is -0.123. The lowest BCUT2D eigenvalue weighted by Gasteiger charge is -2.33. The van der Waals surface area contributed by atoms with Crippen LogP contribution in [0.15, 0.2) is 53.3 Å². The number of carbonyl (C=O) groups excluding carboxylic acids is 1. The first-order chi connectivity index (χ1) is 11.8. The summed E-state index contributed by atoms with van der Waals surface area (Å²) in [5, 5.41) is 2.98. The number of para-hydroxylation sites is 1. The number of hydrogen-bond acceptors (Lipinski definition) is 5. The van der Waals surface area contributed by atoms with Crippen LogP contribution in [-0.2, 0) is 4.79 Å². The molecule has 2 heterocycles. The Bertz CT molecular complexity index is 612. The van der Waals surface area contributed by atoms with E-state index in [1.165, 1.54) is 0 Å². The lowest BCUT2D eigenvalue weighted by Crippen LogP contribution is -2.42. The average molecular weight is 346 g/mol. The summed E-state index contributed by atoms with van der Waals surface area (Å²) in [5.74, 6) is 2.84. The fourth-order valence-electron chi connectivity index (χ4n) is 2.74. The predicted molar refractivity (Wildman–Crippen MR) is 95.3 cm³/mol. The van der Waals surface area contributed by atoms with Crippen LogP contribution in [0.5, 0.6) is 5.75 Å². The summed E-state index contributed by atoms with van der Waals surface area (Å²) in [6, 6.07) is 11.5. The summed E-state index contributed by atoms with van der Waals surface area (Å²) in [4.78, 5) is 14.5. The van der Waals surface area contributed by atoms with E-state index in [0.29, 0.717) is 12.3 Å². The zero-order chi connectivity index (χ0) is 16.6. The number of nitrogens with one attached hydrogen (secondary N) is 1. The number of benzene rings is 1. The van der Waals surface area contributed by atoms with Crippen LogP contribution >= 0.6 is 11.8 Å². The lowest BCUT2D eigenvalue weighted by atomic mass is 10.1. The number of ether oxygens (including phenoxy) is 1. The first-order valence-electron chi connectivity index (χ1n) is 8.11. The number of thioether (sulfide) groups is 1. The van der Waals surface area contributed by atoms with Crippen molar-refractivity contribution in [2.75, 3.05) is 37.7 Å². The minimum absolute atomic E-state index is 0.0258. The molecule has 1 aliphatic heterocycles. The fourth-order valence-corrected chi connectivity index (χ4v) is 3.67. The summed E-state index contributed by atoms with van der Waals surface area (Å²) in [7, 11) is 0. The van der Waals surface area contributed by atoms with Crippen LogP contribution in [-0.4, -0.2) is 48.6 Å². The van der Waals surface area contributed by atoms with Gasteiger partial charge in [-0.05, 0) is 18.2 Å². The molecule has 1 aromatic heterocycles. The monoisotopic (exact) mass is 346 g/mol. The maximum atomic E-state index is 12.1. The predicted octanol–water partition coefficient (Wildman–Crippen LogP) is 2.56. The topological polar surface area (TPSA) is 54.7 Å².